The van der Waals surface area contributed by atoms with Crippen molar-refractivity contribution in [2.24, 2.45) is 0 Å². The Balaban J connectivity index is 1.42. The van der Waals surface area contributed by atoms with E-state index in [9.17, 15) is 4.79 Å². The van der Waals surface area contributed by atoms with Crippen LogP contribution in [0.1, 0.15) is 22.5 Å². The average Bonchev–Trinajstić information content (AvgIpc) is 3.03. The van der Waals surface area contributed by atoms with Crippen LogP contribution >= 0.6 is 0 Å². The molecule has 4 rings (SSSR count). The fourth-order valence-electron chi connectivity index (χ4n) is 3.16. The number of amides is 1. The van der Waals surface area contributed by atoms with Gasteiger partial charge in [0.1, 0.15) is 12.1 Å². The van der Waals surface area contributed by atoms with E-state index in [1.807, 2.05) is 51.1 Å². The van der Waals surface area contributed by atoms with Crippen molar-refractivity contribution in [1.82, 2.24) is 19.7 Å². The highest BCUT2D eigenvalue weighted by Gasteiger charge is 2.11. The molecule has 0 saturated carbocycles. The van der Waals surface area contributed by atoms with E-state index in [-0.39, 0.29) is 5.91 Å². The third-order valence-electron chi connectivity index (χ3n) is 5.07. The van der Waals surface area contributed by atoms with Gasteiger partial charge in [0.15, 0.2) is 5.82 Å². The molecule has 0 bridgehead atoms. The molecule has 2 aromatic heterocycles. The molecule has 31 heavy (non-hydrogen) atoms. The van der Waals surface area contributed by atoms with Gasteiger partial charge in [-0.25, -0.2) is 14.6 Å². The quantitative estimate of drug-likeness (QED) is 0.501. The summed E-state index contributed by atoms with van der Waals surface area (Å²) in [6.45, 7) is 6.01. The fourth-order valence-corrected chi connectivity index (χ4v) is 3.16. The molecule has 156 valence electrons. The maximum Gasteiger partial charge on any atom is 0.228 e. The fraction of sp³-hybridized carbons (Fsp3) is 0.167. The van der Waals surface area contributed by atoms with E-state index in [1.165, 1.54) is 6.33 Å². The third kappa shape index (κ3) is 4.78. The van der Waals surface area contributed by atoms with E-state index in [0.29, 0.717) is 29.6 Å². The molecule has 0 spiro atoms. The van der Waals surface area contributed by atoms with Crippen LogP contribution in [0.3, 0.4) is 0 Å². The number of ether oxygens (including phenoxy) is 1. The molecule has 0 fully saturated rings. The van der Waals surface area contributed by atoms with Gasteiger partial charge in [-0.1, -0.05) is 30.3 Å². The Morgan fingerprint density at radius 3 is 2.42 bits per heavy atom. The standard InChI is InChI=1S/C24H23N5O2/c1-16-17(2)28-29(18(16)3)22-14-24(26-15-25-22)31-21-11-9-20(10-12-21)27-23(30)13-19-7-5-4-6-8-19/h4-12,14-15H,13H2,1-3H3,(H,27,30). The molecule has 0 unspecified atom stereocenters. The third-order valence-corrected chi connectivity index (χ3v) is 5.07. The maximum absolute atomic E-state index is 12.2. The Hall–Kier alpha value is -4.00. The van der Waals surface area contributed by atoms with Gasteiger partial charge in [-0.2, -0.15) is 5.10 Å². The first-order chi connectivity index (χ1) is 15.0. The molecule has 0 aliphatic heterocycles. The first kappa shape index (κ1) is 20.3. The molecule has 4 aromatic rings. The van der Waals surface area contributed by atoms with E-state index in [1.54, 1.807) is 35.0 Å². The summed E-state index contributed by atoms with van der Waals surface area (Å²) in [6, 6.07) is 18.5. The van der Waals surface area contributed by atoms with Gasteiger partial charge in [0, 0.05) is 17.4 Å². The van der Waals surface area contributed by atoms with E-state index in [4.69, 9.17) is 4.74 Å². The van der Waals surface area contributed by atoms with Crippen molar-refractivity contribution in [3.8, 4) is 17.4 Å². The summed E-state index contributed by atoms with van der Waals surface area (Å²) >= 11 is 0. The molecule has 7 nitrogen and oxygen atoms in total. The topological polar surface area (TPSA) is 81.9 Å². The van der Waals surface area contributed by atoms with Crippen molar-refractivity contribution in [3.05, 3.63) is 89.5 Å². The second-order valence-corrected chi connectivity index (χ2v) is 7.26. The van der Waals surface area contributed by atoms with Crippen molar-refractivity contribution < 1.29 is 9.53 Å². The molecule has 7 heteroatoms. The molecule has 0 saturated heterocycles. The van der Waals surface area contributed by atoms with Gasteiger partial charge in [-0.05, 0) is 56.2 Å². The van der Waals surface area contributed by atoms with Gasteiger partial charge < -0.3 is 10.1 Å². The lowest BCUT2D eigenvalue weighted by Crippen LogP contribution is -2.14. The number of rotatable bonds is 6. The number of anilines is 1. The van der Waals surface area contributed by atoms with Crippen molar-refractivity contribution in [1.29, 1.82) is 0 Å². The largest absolute Gasteiger partial charge is 0.439 e. The Kier molecular flexibility index (Phi) is 5.75. The number of nitrogens with one attached hydrogen (secondary N) is 1. The van der Waals surface area contributed by atoms with Crippen LogP contribution in [0, 0.1) is 20.8 Å². The lowest BCUT2D eigenvalue weighted by Gasteiger charge is -2.09. The van der Waals surface area contributed by atoms with Crippen molar-refractivity contribution in [3.63, 3.8) is 0 Å². The smallest absolute Gasteiger partial charge is 0.228 e. The van der Waals surface area contributed by atoms with Gasteiger partial charge in [-0.3, -0.25) is 4.79 Å². The van der Waals surface area contributed by atoms with Gasteiger partial charge in [0.25, 0.3) is 0 Å². The van der Waals surface area contributed by atoms with Crippen LogP contribution in [0.5, 0.6) is 11.6 Å². The summed E-state index contributed by atoms with van der Waals surface area (Å²) in [5.74, 6) is 1.59. The predicted octanol–water partition coefficient (Wildman–Crippen LogP) is 4.56. The molecular formula is C24H23N5O2. The highest BCUT2D eigenvalue weighted by molar-refractivity contribution is 5.92. The number of benzene rings is 2. The number of aromatic nitrogens is 4. The van der Waals surface area contributed by atoms with Crippen LogP contribution < -0.4 is 10.1 Å². The number of aryl methyl sites for hydroxylation is 1. The number of hydrogen-bond donors (Lipinski definition) is 1. The van der Waals surface area contributed by atoms with Crippen LogP contribution in [0.15, 0.2) is 67.0 Å². The van der Waals surface area contributed by atoms with Crippen LogP contribution in [0.4, 0.5) is 5.69 Å². The highest BCUT2D eigenvalue weighted by atomic mass is 16.5. The molecule has 2 heterocycles. The summed E-state index contributed by atoms with van der Waals surface area (Å²) in [4.78, 5) is 20.7. The lowest BCUT2D eigenvalue weighted by molar-refractivity contribution is -0.115. The number of nitrogens with zero attached hydrogens (tertiary/aromatic N) is 4. The summed E-state index contributed by atoms with van der Waals surface area (Å²) in [5, 5.41) is 7.42. The normalized spacial score (nSPS) is 10.7. The zero-order valence-corrected chi connectivity index (χ0v) is 17.7. The minimum absolute atomic E-state index is 0.0690. The van der Waals surface area contributed by atoms with Crippen LogP contribution in [0.25, 0.3) is 5.82 Å². The van der Waals surface area contributed by atoms with E-state index in [2.05, 4.69) is 20.4 Å². The Morgan fingerprint density at radius 1 is 1.00 bits per heavy atom. The maximum atomic E-state index is 12.2. The van der Waals surface area contributed by atoms with Crippen molar-refractivity contribution in [2.45, 2.75) is 27.2 Å². The SMILES string of the molecule is Cc1nn(-c2cc(Oc3ccc(NC(=O)Cc4ccccc4)cc3)ncn2)c(C)c1C. The number of hydrogen-bond acceptors (Lipinski definition) is 5. The Labute approximate surface area is 180 Å². The van der Waals surface area contributed by atoms with Crippen molar-refractivity contribution in [2.75, 3.05) is 5.32 Å². The van der Waals surface area contributed by atoms with Crippen LogP contribution in [-0.2, 0) is 11.2 Å². The predicted molar refractivity (Wildman–Crippen MR) is 119 cm³/mol. The molecule has 1 amide bonds. The molecule has 0 aliphatic carbocycles. The zero-order chi connectivity index (χ0) is 21.8. The van der Waals surface area contributed by atoms with E-state index in [0.717, 1.165) is 22.5 Å². The first-order valence-electron chi connectivity index (χ1n) is 9.96. The molecule has 1 N–H and O–H groups in total. The van der Waals surface area contributed by atoms with Gasteiger partial charge in [0.2, 0.25) is 11.8 Å². The van der Waals surface area contributed by atoms with Crippen LogP contribution in [-0.4, -0.2) is 25.7 Å². The minimum Gasteiger partial charge on any atom is -0.439 e. The van der Waals surface area contributed by atoms with Gasteiger partial charge in [0.05, 0.1) is 12.1 Å². The lowest BCUT2D eigenvalue weighted by atomic mass is 10.1. The monoisotopic (exact) mass is 413 g/mol. The molecular weight excluding hydrogens is 390 g/mol. The number of carbonyl (C=O) groups is 1. The van der Waals surface area contributed by atoms with Crippen LogP contribution in [0.2, 0.25) is 0 Å². The second-order valence-electron chi connectivity index (χ2n) is 7.26. The zero-order valence-electron chi connectivity index (χ0n) is 17.7. The first-order valence-corrected chi connectivity index (χ1v) is 9.96. The minimum atomic E-state index is -0.0690. The summed E-state index contributed by atoms with van der Waals surface area (Å²) in [5.41, 5.74) is 4.79. The molecule has 0 radical (unpaired) electrons. The van der Waals surface area contributed by atoms with Gasteiger partial charge >= 0.3 is 0 Å². The summed E-state index contributed by atoms with van der Waals surface area (Å²) in [6.07, 6.45) is 1.78. The van der Waals surface area contributed by atoms with E-state index >= 15 is 0 Å². The molecule has 2 aromatic carbocycles. The van der Waals surface area contributed by atoms with E-state index < -0.39 is 0 Å². The summed E-state index contributed by atoms with van der Waals surface area (Å²) < 4.78 is 7.65. The highest BCUT2D eigenvalue weighted by Crippen LogP contribution is 2.23. The van der Waals surface area contributed by atoms with Gasteiger partial charge in [-0.15, -0.1) is 0 Å². The Morgan fingerprint density at radius 2 is 1.74 bits per heavy atom. The summed E-state index contributed by atoms with van der Waals surface area (Å²) in [7, 11) is 0. The molecule has 0 aliphatic rings. The second kappa shape index (κ2) is 8.79. The number of carbonyl (C=O) groups excluding carboxylic acids is 1. The Bertz CT molecular complexity index is 1200. The van der Waals surface area contributed by atoms with Crippen molar-refractivity contribution >= 4 is 11.6 Å². The average molecular weight is 413 g/mol. The molecule has 0 atom stereocenters.